The summed E-state index contributed by atoms with van der Waals surface area (Å²) in [6.45, 7) is 4.76. The number of benzene rings is 3. The van der Waals surface area contributed by atoms with Gasteiger partial charge in [-0.05, 0) is 59.9 Å². The minimum Gasteiger partial charge on any atom is -0.497 e. The Morgan fingerprint density at radius 3 is 2.58 bits per heavy atom. The maximum absolute atomic E-state index is 14.1. The van der Waals surface area contributed by atoms with Gasteiger partial charge in [-0.2, -0.15) is 0 Å². The Morgan fingerprint density at radius 2 is 1.82 bits per heavy atom. The van der Waals surface area contributed by atoms with E-state index < -0.39 is 0 Å². The molecule has 3 aromatic carbocycles. The van der Waals surface area contributed by atoms with Crippen molar-refractivity contribution >= 4 is 33.3 Å². The zero-order chi connectivity index (χ0) is 26.1. The Balaban J connectivity index is 1.38. The molecule has 1 aliphatic rings. The zero-order valence-corrected chi connectivity index (χ0v) is 23.1. The van der Waals surface area contributed by atoms with Crippen LogP contribution in [-0.4, -0.2) is 28.1 Å². The number of aromatic nitrogens is 2. The molecule has 1 aliphatic heterocycles. The highest BCUT2D eigenvalue weighted by atomic mass is 32.2. The summed E-state index contributed by atoms with van der Waals surface area (Å²) in [6, 6.07) is 26.8. The van der Waals surface area contributed by atoms with E-state index in [2.05, 4.69) is 66.4 Å². The Bertz CT molecular complexity index is 1640. The lowest BCUT2D eigenvalue weighted by Crippen LogP contribution is -2.30. The Hall–Kier alpha value is -3.39. The summed E-state index contributed by atoms with van der Waals surface area (Å²) in [5, 5.41) is 1.52. The maximum Gasteiger partial charge on any atom is 0.267 e. The fourth-order valence-electron chi connectivity index (χ4n) is 5.01. The number of ether oxygens (including phenoxy) is 1. The van der Waals surface area contributed by atoms with Crippen LogP contribution >= 0.6 is 23.1 Å². The predicted octanol–water partition coefficient (Wildman–Crippen LogP) is 6.61. The van der Waals surface area contributed by atoms with Crippen LogP contribution in [0, 0.1) is 6.92 Å². The molecule has 192 valence electrons. The summed E-state index contributed by atoms with van der Waals surface area (Å²) >= 11 is 3.28. The molecule has 0 saturated carbocycles. The van der Waals surface area contributed by atoms with Crippen LogP contribution in [0.25, 0.3) is 15.9 Å². The second kappa shape index (κ2) is 10.8. The van der Waals surface area contributed by atoms with Gasteiger partial charge < -0.3 is 4.74 Å². The van der Waals surface area contributed by atoms with E-state index in [1.807, 2.05) is 28.8 Å². The molecule has 3 heterocycles. The number of aryl methyl sites for hydroxylation is 1. The molecular formula is C31H29N3O2S2. The Kier molecular flexibility index (Phi) is 7.06. The normalized spacial score (nSPS) is 13.5. The van der Waals surface area contributed by atoms with Crippen LogP contribution in [-0.2, 0) is 25.3 Å². The number of rotatable bonds is 7. The summed E-state index contributed by atoms with van der Waals surface area (Å²) in [5.41, 5.74) is 5.66. The molecule has 38 heavy (non-hydrogen) atoms. The van der Waals surface area contributed by atoms with E-state index in [4.69, 9.17) is 9.72 Å². The molecule has 0 aliphatic carbocycles. The molecule has 0 atom stereocenters. The lowest BCUT2D eigenvalue weighted by Gasteiger charge is -2.26. The SMILES string of the molecule is COc1ccc(CSc2nc3sc4c(c3c(=O)n2-c2cccc(C)c2)CCN(Cc2ccccc2)C4)cc1. The van der Waals surface area contributed by atoms with Crippen molar-refractivity contribution < 1.29 is 4.74 Å². The van der Waals surface area contributed by atoms with Gasteiger partial charge in [-0.15, -0.1) is 11.3 Å². The molecule has 0 bridgehead atoms. The number of fused-ring (bicyclic) bond motifs is 3. The van der Waals surface area contributed by atoms with E-state index in [0.29, 0.717) is 5.75 Å². The Labute approximate surface area is 230 Å². The standard InChI is InChI=1S/C31H29N3O2S2/c1-21-7-6-10-24(17-21)34-30(35)28-26-15-16-33(18-22-8-4-3-5-9-22)19-27(26)38-29(28)32-31(34)37-20-23-11-13-25(36-2)14-12-23/h3-14,17H,15-16,18-20H2,1-2H3. The van der Waals surface area contributed by atoms with Crippen molar-refractivity contribution in [3.05, 3.63) is 116 Å². The molecule has 0 unspecified atom stereocenters. The van der Waals surface area contributed by atoms with Gasteiger partial charge in [-0.3, -0.25) is 14.3 Å². The molecule has 0 spiro atoms. The minimum absolute atomic E-state index is 0.0341. The lowest BCUT2D eigenvalue weighted by atomic mass is 10.0. The zero-order valence-electron chi connectivity index (χ0n) is 21.5. The number of hydrogen-bond donors (Lipinski definition) is 0. The van der Waals surface area contributed by atoms with Crippen molar-refractivity contribution in [3.8, 4) is 11.4 Å². The monoisotopic (exact) mass is 539 g/mol. The Morgan fingerprint density at radius 1 is 1.00 bits per heavy atom. The molecule has 0 saturated heterocycles. The van der Waals surface area contributed by atoms with E-state index in [1.54, 1.807) is 30.2 Å². The van der Waals surface area contributed by atoms with Gasteiger partial charge in [-0.1, -0.05) is 66.4 Å². The summed E-state index contributed by atoms with van der Waals surface area (Å²) in [4.78, 5) is 23.8. The largest absolute Gasteiger partial charge is 0.497 e. The second-order valence-electron chi connectivity index (χ2n) is 9.64. The second-order valence-corrected chi connectivity index (χ2v) is 11.7. The summed E-state index contributed by atoms with van der Waals surface area (Å²) in [5.74, 6) is 1.55. The number of thiophene rings is 1. The van der Waals surface area contributed by atoms with E-state index in [1.165, 1.54) is 16.0 Å². The van der Waals surface area contributed by atoms with Crippen LogP contribution in [0.3, 0.4) is 0 Å². The van der Waals surface area contributed by atoms with Crippen molar-refractivity contribution in [1.29, 1.82) is 0 Å². The van der Waals surface area contributed by atoms with Gasteiger partial charge in [0.25, 0.3) is 5.56 Å². The van der Waals surface area contributed by atoms with Crippen LogP contribution in [0.4, 0.5) is 0 Å². The third-order valence-electron chi connectivity index (χ3n) is 6.96. The van der Waals surface area contributed by atoms with Gasteiger partial charge in [0.2, 0.25) is 0 Å². The van der Waals surface area contributed by atoms with Gasteiger partial charge in [0, 0.05) is 30.3 Å². The average Bonchev–Trinajstić information content (AvgIpc) is 3.30. The van der Waals surface area contributed by atoms with Crippen molar-refractivity contribution in [2.45, 2.75) is 37.3 Å². The van der Waals surface area contributed by atoms with Crippen LogP contribution in [0.1, 0.15) is 27.1 Å². The van der Waals surface area contributed by atoms with Gasteiger partial charge in [0.1, 0.15) is 10.6 Å². The predicted molar refractivity (Wildman–Crippen MR) is 157 cm³/mol. The number of thioether (sulfide) groups is 1. The smallest absolute Gasteiger partial charge is 0.267 e. The van der Waals surface area contributed by atoms with Crippen LogP contribution < -0.4 is 10.3 Å². The first-order valence-corrected chi connectivity index (χ1v) is 14.6. The third-order valence-corrected chi connectivity index (χ3v) is 9.08. The summed E-state index contributed by atoms with van der Waals surface area (Å²) in [7, 11) is 1.67. The molecule has 0 amide bonds. The van der Waals surface area contributed by atoms with Gasteiger partial charge in [0.05, 0.1) is 18.2 Å². The molecule has 2 aromatic heterocycles. The molecular weight excluding hydrogens is 510 g/mol. The van der Waals surface area contributed by atoms with Gasteiger partial charge in [-0.25, -0.2) is 4.98 Å². The van der Waals surface area contributed by atoms with Crippen molar-refractivity contribution in [2.75, 3.05) is 13.7 Å². The summed E-state index contributed by atoms with van der Waals surface area (Å²) in [6.07, 6.45) is 0.866. The van der Waals surface area contributed by atoms with Crippen molar-refractivity contribution in [1.82, 2.24) is 14.5 Å². The fraction of sp³-hybridized carbons (Fsp3) is 0.226. The molecule has 0 fully saturated rings. The third kappa shape index (κ3) is 5.01. The quantitative estimate of drug-likeness (QED) is 0.172. The first-order chi connectivity index (χ1) is 18.6. The molecule has 0 radical (unpaired) electrons. The summed E-state index contributed by atoms with van der Waals surface area (Å²) < 4.78 is 7.11. The van der Waals surface area contributed by atoms with Crippen molar-refractivity contribution in [3.63, 3.8) is 0 Å². The van der Waals surface area contributed by atoms with Crippen LogP contribution in [0.15, 0.2) is 88.8 Å². The minimum atomic E-state index is 0.0341. The first-order valence-electron chi connectivity index (χ1n) is 12.8. The molecule has 5 nitrogen and oxygen atoms in total. The van der Waals surface area contributed by atoms with E-state index >= 15 is 0 Å². The van der Waals surface area contributed by atoms with Gasteiger partial charge in [0.15, 0.2) is 5.16 Å². The molecule has 0 N–H and O–H groups in total. The number of nitrogens with zero attached hydrogens (tertiary/aromatic N) is 3. The first kappa shape index (κ1) is 24.9. The van der Waals surface area contributed by atoms with E-state index in [-0.39, 0.29) is 5.56 Å². The highest BCUT2D eigenvalue weighted by Gasteiger charge is 2.26. The van der Waals surface area contributed by atoms with Crippen LogP contribution in [0.5, 0.6) is 5.75 Å². The fourth-order valence-corrected chi connectivity index (χ4v) is 7.29. The number of hydrogen-bond acceptors (Lipinski definition) is 6. The maximum atomic E-state index is 14.1. The molecule has 7 heteroatoms. The highest BCUT2D eigenvalue weighted by molar-refractivity contribution is 7.98. The van der Waals surface area contributed by atoms with E-state index in [0.717, 1.165) is 64.0 Å². The van der Waals surface area contributed by atoms with Crippen molar-refractivity contribution in [2.24, 2.45) is 0 Å². The highest BCUT2D eigenvalue weighted by Crippen LogP contribution is 2.35. The lowest BCUT2D eigenvalue weighted by molar-refractivity contribution is 0.249. The molecule has 6 rings (SSSR count). The van der Waals surface area contributed by atoms with Crippen LogP contribution in [0.2, 0.25) is 0 Å². The topological polar surface area (TPSA) is 47.4 Å². The molecule has 5 aromatic rings. The van der Waals surface area contributed by atoms with Gasteiger partial charge >= 0.3 is 0 Å². The average molecular weight is 540 g/mol. The van der Waals surface area contributed by atoms with E-state index in [9.17, 15) is 4.79 Å². The number of methoxy groups -OCH3 is 1.